The van der Waals surface area contributed by atoms with Crippen molar-refractivity contribution in [3.8, 4) is 0 Å². The molecule has 0 aliphatic heterocycles. The summed E-state index contributed by atoms with van der Waals surface area (Å²) in [5.74, 6) is 0. The molecule has 0 saturated heterocycles. The normalized spacial score (nSPS) is 12.3. The second-order valence-corrected chi connectivity index (χ2v) is 6.13. The minimum Gasteiger partial charge on any atom is -0.310 e. The summed E-state index contributed by atoms with van der Waals surface area (Å²) >= 11 is 7.55. The Bertz CT molecular complexity index is 542. The fraction of sp³-hybridized carbons (Fsp3) is 0.312. The Morgan fingerprint density at radius 1 is 1.25 bits per heavy atom. The van der Waals surface area contributed by atoms with Gasteiger partial charge >= 0.3 is 0 Å². The summed E-state index contributed by atoms with van der Waals surface area (Å²) in [6.45, 7) is 5.40. The summed E-state index contributed by atoms with van der Waals surface area (Å²) in [7, 11) is 0. The number of nitrogens with zero attached hydrogens (tertiary/aromatic N) is 1. The van der Waals surface area contributed by atoms with Gasteiger partial charge in [-0.25, -0.2) is 4.98 Å². The van der Waals surface area contributed by atoms with Crippen LogP contribution in [0, 0.1) is 0 Å². The average Bonchev–Trinajstić information content (AvgIpc) is 2.48. The molecule has 1 unspecified atom stereocenters. The van der Waals surface area contributed by atoms with Gasteiger partial charge in [-0.1, -0.05) is 48.5 Å². The van der Waals surface area contributed by atoms with Crippen LogP contribution in [0.2, 0.25) is 5.02 Å². The van der Waals surface area contributed by atoms with Gasteiger partial charge in [0.15, 0.2) is 0 Å². The third-order valence-electron chi connectivity index (χ3n) is 3.00. The summed E-state index contributed by atoms with van der Waals surface area (Å²) in [4.78, 5) is 5.58. The summed E-state index contributed by atoms with van der Waals surface area (Å²) in [5, 5.41) is 5.16. The van der Waals surface area contributed by atoms with Crippen molar-refractivity contribution in [3.05, 3.63) is 53.2 Å². The lowest BCUT2D eigenvalue weighted by molar-refractivity contribution is 0.564. The fourth-order valence-corrected chi connectivity index (χ4v) is 3.03. The smallest absolute Gasteiger partial charge is 0.101 e. The first kappa shape index (κ1) is 15.4. The lowest BCUT2D eigenvalue weighted by Crippen LogP contribution is -2.19. The van der Waals surface area contributed by atoms with Gasteiger partial charge in [0.1, 0.15) is 5.03 Å². The predicted molar refractivity (Wildman–Crippen MR) is 86.5 cm³/mol. The van der Waals surface area contributed by atoms with Gasteiger partial charge in [0.05, 0.1) is 5.02 Å². The van der Waals surface area contributed by atoms with Crippen LogP contribution in [-0.4, -0.2) is 11.5 Å². The molecule has 0 fully saturated rings. The first-order valence-corrected chi connectivity index (χ1v) is 8.02. The highest BCUT2D eigenvalue weighted by atomic mass is 35.5. The monoisotopic (exact) mass is 306 g/mol. The van der Waals surface area contributed by atoms with E-state index in [0.29, 0.717) is 11.1 Å². The molecule has 1 atom stereocenters. The molecule has 2 rings (SSSR count). The van der Waals surface area contributed by atoms with E-state index in [1.165, 1.54) is 10.5 Å². The van der Waals surface area contributed by atoms with E-state index in [-0.39, 0.29) is 0 Å². The van der Waals surface area contributed by atoms with Crippen molar-refractivity contribution in [2.75, 3.05) is 6.54 Å². The first-order valence-electron chi connectivity index (χ1n) is 6.82. The van der Waals surface area contributed by atoms with Gasteiger partial charge < -0.3 is 5.32 Å². The maximum absolute atomic E-state index is 5.87. The summed E-state index contributed by atoms with van der Waals surface area (Å²) < 4.78 is 0. The SMILES string of the molecule is CCCNC(C)c1ccccc1Sc1ccc(Cl)cn1. The lowest BCUT2D eigenvalue weighted by Gasteiger charge is -2.17. The Morgan fingerprint density at radius 3 is 2.75 bits per heavy atom. The number of aromatic nitrogens is 1. The van der Waals surface area contributed by atoms with Crippen molar-refractivity contribution in [3.63, 3.8) is 0 Å². The van der Waals surface area contributed by atoms with E-state index in [1.54, 1.807) is 18.0 Å². The van der Waals surface area contributed by atoms with Gasteiger partial charge in [0.2, 0.25) is 0 Å². The largest absolute Gasteiger partial charge is 0.310 e. The molecule has 1 heterocycles. The zero-order valence-electron chi connectivity index (χ0n) is 11.8. The number of rotatable bonds is 6. The Morgan fingerprint density at radius 2 is 2.05 bits per heavy atom. The zero-order valence-corrected chi connectivity index (χ0v) is 13.3. The van der Waals surface area contributed by atoms with E-state index >= 15 is 0 Å². The molecule has 0 radical (unpaired) electrons. The van der Waals surface area contributed by atoms with Crippen molar-refractivity contribution < 1.29 is 0 Å². The maximum atomic E-state index is 5.87. The van der Waals surface area contributed by atoms with Crippen molar-refractivity contribution in [1.82, 2.24) is 10.3 Å². The molecule has 1 aromatic carbocycles. The molecule has 0 aliphatic carbocycles. The molecule has 0 spiro atoms. The van der Waals surface area contributed by atoms with Crippen LogP contribution in [0.25, 0.3) is 0 Å². The first-order chi connectivity index (χ1) is 9.70. The highest BCUT2D eigenvalue weighted by Gasteiger charge is 2.10. The molecular formula is C16H19ClN2S. The standard InChI is InChI=1S/C16H19ClN2S/c1-3-10-18-12(2)14-6-4-5-7-15(14)20-16-9-8-13(17)11-19-16/h4-9,11-12,18H,3,10H2,1-2H3. The van der Waals surface area contributed by atoms with Gasteiger partial charge in [-0.05, 0) is 43.7 Å². The van der Waals surface area contributed by atoms with Crippen LogP contribution < -0.4 is 5.32 Å². The van der Waals surface area contributed by atoms with Crippen LogP contribution in [0.15, 0.2) is 52.5 Å². The second-order valence-electron chi connectivity index (χ2n) is 4.63. The number of nitrogens with one attached hydrogen (secondary N) is 1. The Labute approximate surface area is 130 Å². The topological polar surface area (TPSA) is 24.9 Å². The van der Waals surface area contributed by atoms with Crippen LogP contribution in [0.5, 0.6) is 0 Å². The predicted octanol–water partition coefficient (Wildman–Crippen LogP) is 4.95. The van der Waals surface area contributed by atoms with E-state index < -0.39 is 0 Å². The number of benzene rings is 1. The van der Waals surface area contributed by atoms with Crippen LogP contribution >= 0.6 is 23.4 Å². The number of pyridine rings is 1. The van der Waals surface area contributed by atoms with Crippen molar-refractivity contribution in [2.24, 2.45) is 0 Å². The minimum atomic E-state index is 0.339. The van der Waals surface area contributed by atoms with Crippen molar-refractivity contribution >= 4 is 23.4 Å². The molecule has 2 nitrogen and oxygen atoms in total. The number of hydrogen-bond acceptors (Lipinski definition) is 3. The average molecular weight is 307 g/mol. The second kappa shape index (κ2) is 7.67. The van der Waals surface area contributed by atoms with E-state index in [4.69, 9.17) is 11.6 Å². The third-order valence-corrected chi connectivity index (χ3v) is 4.27. The van der Waals surface area contributed by atoms with Gasteiger partial charge in [-0.2, -0.15) is 0 Å². The summed E-state index contributed by atoms with van der Waals surface area (Å²) in [6.07, 6.45) is 2.82. The zero-order chi connectivity index (χ0) is 14.4. The number of hydrogen-bond donors (Lipinski definition) is 1. The molecule has 4 heteroatoms. The Hall–Kier alpha value is -1.03. The van der Waals surface area contributed by atoms with E-state index in [9.17, 15) is 0 Å². The quantitative estimate of drug-likeness (QED) is 0.817. The van der Waals surface area contributed by atoms with Gasteiger partial charge in [0, 0.05) is 17.1 Å². The molecule has 1 N–H and O–H groups in total. The van der Waals surface area contributed by atoms with Gasteiger partial charge in [0.25, 0.3) is 0 Å². The molecule has 0 bridgehead atoms. The van der Waals surface area contributed by atoms with Gasteiger partial charge in [-0.15, -0.1) is 0 Å². The Kier molecular flexibility index (Phi) is 5.89. The maximum Gasteiger partial charge on any atom is 0.101 e. The van der Waals surface area contributed by atoms with Crippen molar-refractivity contribution in [1.29, 1.82) is 0 Å². The molecule has 1 aromatic heterocycles. The molecule has 0 aliphatic rings. The summed E-state index contributed by atoms with van der Waals surface area (Å²) in [6, 6.07) is 12.6. The number of halogens is 1. The molecule has 2 aromatic rings. The molecule has 20 heavy (non-hydrogen) atoms. The molecular weight excluding hydrogens is 288 g/mol. The third kappa shape index (κ3) is 4.23. The van der Waals surface area contributed by atoms with Gasteiger partial charge in [-0.3, -0.25) is 0 Å². The van der Waals surface area contributed by atoms with E-state index in [0.717, 1.165) is 18.0 Å². The van der Waals surface area contributed by atoms with E-state index in [2.05, 4.69) is 48.4 Å². The van der Waals surface area contributed by atoms with Crippen LogP contribution in [0.1, 0.15) is 31.9 Å². The van der Waals surface area contributed by atoms with Crippen LogP contribution in [0.4, 0.5) is 0 Å². The van der Waals surface area contributed by atoms with Crippen molar-refractivity contribution in [2.45, 2.75) is 36.2 Å². The highest BCUT2D eigenvalue weighted by molar-refractivity contribution is 7.99. The van der Waals surface area contributed by atoms with E-state index in [1.807, 2.05) is 12.1 Å². The lowest BCUT2D eigenvalue weighted by atomic mass is 10.1. The Balaban J connectivity index is 2.17. The molecule has 106 valence electrons. The summed E-state index contributed by atoms with van der Waals surface area (Å²) in [5.41, 5.74) is 1.31. The minimum absolute atomic E-state index is 0.339. The van der Waals surface area contributed by atoms with Crippen LogP contribution in [-0.2, 0) is 0 Å². The molecule has 0 saturated carbocycles. The molecule has 0 amide bonds. The van der Waals surface area contributed by atoms with Crippen LogP contribution in [0.3, 0.4) is 0 Å². The highest BCUT2D eigenvalue weighted by Crippen LogP contribution is 2.32. The fourth-order valence-electron chi connectivity index (χ4n) is 1.94.